The van der Waals surface area contributed by atoms with E-state index in [1.165, 1.54) is 33.0 Å². The summed E-state index contributed by atoms with van der Waals surface area (Å²) in [5, 5.41) is 4.68. The van der Waals surface area contributed by atoms with Crippen molar-refractivity contribution >= 4 is 32.7 Å². The van der Waals surface area contributed by atoms with E-state index in [2.05, 4.69) is 188 Å². The smallest absolute Gasteiger partial charge is 0.160 e. The van der Waals surface area contributed by atoms with Gasteiger partial charge in [0.2, 0.25) is 0 Å². The van der Waals surface area contributed by atoms with Gasteiger partial charge >= 0.3 is 0 Å². The van der Waals surface area contributed by atoms with Crippen LogP contribution in [0.15, 0.2) is 223 Å². The molecule has 0 saturated carbocycles. The fourth-order valence-electron chi connectivity index (χ4n) is 8.26. The molecule has 0 atom stereocenters. The van der Waals surface area contributed by atoms with E-state index in [0.717, 1.165) is 72.3 Å². The molecule has 9 aromatic carbocycles. The molecule has 0 amide bonds. The summed E-state index contributed by atoms with van der Waals surface area (Å²) in [5.41, 5.74) is 15.7. The highest BCUT2D eigenvalue weighted by atomic mass is 16.3. The zero-order valence-corrected chi connectivity index (χ0v) is 32.1. The van der Waals surface area contributed by atoms with Crippen LogP contribution in [0.1, 0.15) is 0 Å². The summed E-state index contributed by atoms with van der Waals surface area (Å²) in [4.78, 5) is 10.5. The van der Waals surface area contributed by atoms with E-state index < -0.39 is 0 Å². The molecule has 59 heavy (non-hydrogen) atoms. The van der Waals surface area contributed by atoms with Crippen LogP contribution in [-0.2, 0) is 0 Å². The molecule has 0 fully saturated rings. The molecule has 0 N–H and O–H groups in total. The lowest BCUT2D eigenvalue weighted by Crippen LogP contribution is -1.96. The summed E-state index contributed by atoms with van der Waals surface area (Å²) < 4.78 is 6.22. The lowest BCUT2D eigenvalue weighted by atomic mass is 9.93. The molecule has 3 heteroatoms. The van der Waals surface area contributed by atoms with Crippen LogP contribution in [0.2, 0.25) is 0 Å². The Morgan fingerprint density at radius 1 is 0.271 bits per heavy atom. The topological polar surface area (TPSA) is 38.9 Å². The van der Waals surface area contributed by atoms with Crippen LogP contribution in [0.4, 0.5) is 0 Å². The lowest BCUT2D eigenvalue weighted by Gasteiger charge is -2.14. The number of hydrogen-bond donors (Lipinski definition) is 0. The van der Waals surface area contributed by atoms with Crippen LogP contribution in [0.5, 0.6) is 0 Å². The summed E-state index contributed by atoms with van der Waals surface area (Å²) in [6.07, 6.45) is 0. The van der Waals surface area contributed by atoms with Crippen LogP contribution >= 0.6 is 0 Å². The van der Waals surface area contributed by atoms with Crippen molar-refractivity contribution in [2.24, 2.45) is 0 Å². The van der Waals surface area contributed by atoms with Gasteiger partial charge in [0.15, 0.2) is 5.82 Å². The molecule has 11 aromatic rings. The highest BCUT2D eigenvalue weighted by molar-refractivity contribution is 6.06. The van der Waals surface area contributed by atoms with Gasteiger partial charge in [-0.1, -0.05) is 176 Å². The van der Waals surface area contributed by atoms with Crippen LogP contribution < -0.4 is 0 Å². The molecule has 0 radical (unpaired) electrons. The molecule has 0 aliphatic carbocycles. The third-order valence-electron chi connectivity index (χ3n) is 11.3. The predicted octanol–water partition coefficient (Wildman–Crippen LogP) is 15.2. The van der Waals surface area contributed by atoms with E-state index in [4.69, 9.17) is 14.4 Å². The molecule has 0 unspecified atom stereocenters. The van der Waals surface area contributed by atoms with E-state index in [1.807, 2.05) is 30.3 Å². The quantitative estimate of drug-likeness (QED) is 0.163. The van der Waals surface area contributed by atoms with Gasteiger partial charge in [-0.25, -0.2) is 9.97 Å². The number of para-hydroxylation sites is 1. The minimum atomic E-state index is 0.682. The van der Waals surface area contributed by atoms with Crippen molar-refractivity contribution in [1.82, 2.24) is 9.97 Å². The lowest BCUT2D eigenvalue weighted by molar-refractivity contribution is 0.669. The van der Waals surface area contributed by atoms with Crippen molar-refractivity contribution in [3.63, 3.8) is 0 Å². The Morgan fingerprint density at radius 2 is 0.780 bits per heavy atom. The molecular formula is C56H36N2O. The Hall–Kier alpha value is -7.88. The molecule has 0 aliphatic rings. The second kappa shape index (κ2) is 14.6. The second-order valence-corrected chi connectivity index (χ2v) is 15.0. The van der Waals surface area contributed by atoms with Gasteiger partial charge < -0.3 is 4.42 Å². The first kappa shape index (κ1) is 34.4. The van der Waals surface area contributed by atoms with Crippen molar-refractivity contribution < 1.29 is 4.42 Å². The zero-order valence-electron chi connectivity index (χ0n) is 32.1. The summed E-state index contributed by atoms with van der Waals surface area (Å²) in [5.74, 6) is 0.682. The van der Waals surface area contributed by atoms with Crippen molar-refractivity contribution in [2.45, 2.75) is 0 Å². The van der Waals surface area contributed by atoms with Crippen LogP contribution in [0, 0.1) is 0 Å². The first-order chi connectivity index (χ1) is 29.2. The third-order valence-corrected chi connectivity index (χ3v) is 11.3. The maximum Gasteiger partial charge on any atom is 0.160 e. The summed E-state index contributed by atoms with van der Waals surface area (Å²) in [7, 11) is 0. The molecule has 0 saturated heterocycles. The molecular weight excluding hydrogens is 717 g/mol. The molecule has 276 valence electrons. The minimum absolute atomic E-state index is 0.682. The predicted molar refractivity (Wildman–Crippen MR) is 245 cm³/mol. The van der Waals surface area contributed by atoms with Gasteiger partial charge in [-0.3, -0.25) is 0 Å². The number of hydrogen-bond acceptors (Lipinski definition) is 3. The normalized spacial score (nSPS) is 11.4. The molecule has 2 aromatic heterocycles. The van der Waals surface area contributed by atoms with Gasteiger partial charge in [0.05, 0.1) is 11.4 Å². The number of rotatable bonds is 7. The summed E-state index contributed by atoms with van der Waals surface area (Å²) in [6, 6.07) is 77.1. The summed E-state index contributed by atoms with van der Waals surface area (Å²) in [6.45, 7) is 0. The minimum Gasteiger partial charge on any atom is -0.456 e. The van der Waals surface area contributed by atoms with E-state index in [1.54, 1.807) is 0 Å². The van der Waals surface area contributed by atoms with E-state index in [0.29, 0.717) is 5.82 Å². The molecule has 0 spiro atoms. The van der Waals surface area contributed by atoms with Crippen molar-refractivity contribution in [3.8, 4) is 78.4 Å². The molecule has 11 rings (SSSR count). The number of nitrogens with zero attached hydrogens (tertiary/aromatic N) is 2. The Balaban J connectivity index is 1.07. The van der Waals surface area contributed by atoms with Gasteiger partial charge in [-0.15, -0.1) is 0 Å². The van der Waals surface area contributed by atoms with Gasteiger partial charge in [0.25, 0.3) is 0 Å². The Kier molecular flexibility index (Phi) is 8.49. The van der Waals surface area contributed by atoms with Crippen molar-refractivity contribution in [1.29, 1.82) is 0 Å². The standard InChI is InChI=1S/C56H36N2O/c1-3-12-37(13-4-1)38-22-24-39(25-23-38)45-32-46(44-30-31-55-51(35-44)50-19-9-10-21-54(50)59-55)34-47(33-45)53-36-52(57-56(58-53)43-15-5-2-6-16-43)42-28-26-41(27-29-42)49-20-11-17-40-14-7-8-18-48(40)49/h1-36H. The maximum absolute atomic E-state index is 6.22. The van der Waals surface area contributed by atoms with Gasteiger partial charge in [-0.05, 0) is 97.7 Å². The number of aromatic nitrogens is 2. The van der Waals surface area contributed by atoms with E-state index in [9.17, 15) is 0 Å². The molecule has 3 nitrogen and oxygen atoms in total. The van der Waals surface area contributed by atoms with Gasteiger partial charge in [0.1, 0.15) is 11.2 Å². The first-order valence-electron chi connectivity index (χ1n) is 20.0. The summed E-state index contributed by atoms with van der Waals surface area (Å²) >= 11 is 0. The number of furan rings is 1. The fourth-order valence-corrected chi connectivity index (χ4v) is 8.26. The van der Waals surface area contributed by atoms with Crippen LogP contribution in [0.3, 0.4) is 0 Å². The highest BCUT2D eigenvalue weighted by Crippen LogP contribution is 2.38. The van der Waals surface area contributed by atoms with Crippen molar-refractivity contribution in [3.05, 3.63) is 218 Å². The largest absolute Gasteiger partial charge is 0.456 e. The third kappa shape index (κ3) is 6.55. The van der Waals surface area contributed by atoms with E-state index in [-0.39, 0.29) is 0 Å². The van der Waals surface area contributed by atoms with E-state index >= 15 is 0 Å². The molecule has 0 aliphatic heterocycles. The molecule has 0 bridgehead atoms. The average molecular weight is 753 g/mol. The van der Waals surface area contributed by atoms with Crippen LogP contribution in [0.25, 0.3) is 111 Å². The van der Waals surface area contributed by atoms with Crippen LogP contribution in [-0.4, -0.2) is 9.97 Å². The SMILES string of the molecule is c1ccc(-c2ccc(-c3cc(-c4ccc5oc6ccccc6c5c4)cc(-c4cc(-c5ccc(-c6cccc7ccccc67)cc5)nc(-c5ccccc5)n4)c3)cc2)cc1. The number of benzene rings is 9. The average Bonchev–Trinajstić information content (AvgIpc) is 3.70. The Labute approximate surface area is 342 Å². The fraction of sp³-hybridized carbons (Fsp3) is 0. The Morgan fingerprint density at radius 3 is 1.54 bits per heavy atom. The highest BCUT2D eigenvalue weighted by Gasteiger charge is 2.16. The van der Waals surface area contributed by atoms with Gasteiger partial charge in [-0.2, -0.15) is 0 Å². The monoisotopic (exact) mass is 752 g/mol. The maximum atomic E-state index is 6.22. The number of fused-ring (bicyclic) bond motifs is 4. The van der Waals surface area contributed by atoms with Gasteiger partial charge in [0, 0.05) is 27.5 Å². The van der Waals surface area contributed by atoms with Crippen molar-refractivity contribution in [2.75, 3.05) is 0 Å². The Bertz CT molecular complexity index is 3290. The molecule has 2 heterocycles. The second-order valence-electron chi connectivity index (χ2n) is 15.0. The zero-order chi connectivity index (χ0) is 39.1. The first-order valence-corrected chi connectivity index (χ1v) is 20.0.